The van der Waals surface area contributed by atoms with Crippen molar-refractivity contribution in [2.45, 2.75) is 45.5 Å². The maximum absolute atomic E-state index is 13.1. The Bertz CT molecular complexity index is 752. The van der Waals surface area contributed by atoms with Crippen molar-refractivity contribution in [2.24, 2.45) is 12.0 Å². The van der Waals surface area contributed by atoms with Crippen LogP contribution in [0.1, 0.15) is 43.5 Å². The second-order valence-corrected chi connectivity index (χ2v) is 6.50. The number of alkyl halides is 3. The number of nitrogens with one attached hydrogen (secondary N) is 2. The van der Waals surface area contributed by atoms with Crippen LogP contribution < -0.4 is 10.6 Å². The molecule has 0 saturated carbocycles. The Morgan fingerprint density at radius 1 is 1.22 bits per heavy atom. The third-order valence-corrected chi connectivity index (χ3v) is 4.36. The molecule has 0 radical (unpaired) electrons. The highest BCUT2D eigenvalue weighted by molar-refractivity contribution is 5.80. The fourth-order valence-electron chi connectivity index (χ4n) is 2.76. The first-order valence-corrected chi connectivity index (χ1v) is 8.91. The van der Waals surface area contributed by atoms with Crippen LogP contribution in [0, 0.1) is 0 Å². The predicted molar refractivity (Wildman–Crippen MR) is 100 cm³/mol. The number of benzene rings is 1. The van der Waals surface area contributed by atoms with Crippen LogP contribution in [0.25, 0.3) is 0 Å². The SMILES string of the molecule is CCNC(=NCc1cn(C)nc1C(F)(F)F)NC(C)C(C)c1ccccc1. The lowest BCUT2D eigenvalue weighted by Gasteiger charge is -2.24. The predicted octanol–water partition coefficient (Wildman–Crippen LogP) is 3.69. The van der Waals surface area contributed by atoms with Crippen molar-refractivity contribution in [3.05, 3.63) is 53.3 Å². The monoisotopic (exact) mass is 381 g/mol. The molecule has 0 aliphatic heterocycles. The molecule has 1 heterocycles. The van der Waals surface area contributed by atoms with E-state index in [1.165, 1.54) is 18.8 Å². The molecule has 2 rings (SSSR count). The van der Waals surface area contributed by atoms with Gasteiger partial charge in [-0.2, -0.15) is 18.3 Å². The molecule has 0 bridgehead atoms. The van der Waals surface area contributed by atoms with E-state index in [4.69, 9.17) is 0 Å². The van der Waals surface area contributed by atoms with Crippen LogP contribution in [0.15, 0.2) is 41.5 Å². The number of aliphatic imine (C=N–C) groups is 1. The van der Waals surface area contributed by atoms with Crippen molar-refractivity contribution in [1.29, 1.82) is 0 Å². The summed E-state index contributed by atoms with van der Waals surface area (Å²) in [4.78, 5) is 4.33. The van der Waals surface area contributed by atoms with E-state index in [1.807, 2.05) is 32.0 Å². The maximum Gasteiger partial charge on any atom is 0.435 e. The lowest BCUT2D eigenvalue weighted by molar-refractivity contribution is -0.142. The normalized spacial score (nSPS) is 14.7. The van der Waals surface area contributed by atoms with Gasteiger partial charge in [0.05, 0.1) is 6.54 Å². The molecule has 0 aliphatic rings. The van der Waals surface area contributed by atoms with Crippen molar-refractivity contribution in [1.82, 2.24) is 20.4 Å². The van der Waals surface area contributed by atoms with Crippen LogP contribution in [0.3, 0.4) is 0 Å². The number of aromatic nitrogens is 2. The smallest absolute Gasteiger partial charge is 0.357 e. The number of guanidine groups is 1. The number of aryl methyl sites for hydroxylation is 1. The standard InChI is InChI=1S/C19H26F3N5/c1-5-23-18(25-14(3)13(2)15-9-7-6-8-10-15)24-11-16-12-27(4)26-17(16)19(20,21)22/h6-10,12-14H,5,11H2,1-4H3,(H2,23,24,25). The van der Waals surface area contributed by atoms with Crippen molar-refractivity contribution >= 4 is 5.96 Å². The molecule has 0 aliphatic carbocycles. The molecule has 1 aromatic heterocycles. The van der Waals surface area contributed by atoms with Crippen LogP contribution >= 0.6 is 0 Å². The van der Waals surface area contributed by atoms with E-state index in [0.717, 1.165) is 4.68 Å². The van der Waals surface area contributed by atoms with E-state index in [0.29, 0.717) is 12.5 Å². The molecule has 1 aromatic carbocycles. The van der Waals surface area contributed by atoms with Gasteiger partial charge in [-0.15, -0.1) is 0 Å². The third-order valence-electron chi connectivity index (χ3n) is 4.36. The first-order valence-electron chi connectivity index (χ1n) is 8.91. The van der Waals surface area contributed by atoms with Gasteiger partial charge in [0.15, 0.2) is 11.7 Å². The molecular formula is C19H26F3N5. The van der Waals surface area contributed by atoms with E-state index >= 15 is 0 Å². The Morgan fingerprint density at radius 3 is 2.48 bits per heavy atom. The quantitative estimate of drug-likeness (QED) is 0.593. The van der Waals surface area contributed by atoms with Gasteiger partial charge in [0.25, 0.3) is 0 Å². The first kappa shape index (κ1) is 20.8. The Balaban J connectivity index is 2.13. The number of hydrogen-bond acceptors (Lipinski definition) is 2. The molecule has 5 nitrogen and oxygen atoms in total. The van der Waals surface area contributed by atoms with Gasteiger partial charge < -0.3 is 10.6 Å². The van der Waals surface area contributed by atoms with E-state index in [2.05, 4.69) is 39.8 Å². The Kier molecular flexibility index (Phi) is 6.87. The molecule has 27 heavy (non-hydrogen) atoms. The Labute approximate surface area is 157 Å². The minimum absolute atomic E-state index is 0.0428. The highest BCUT2D eigenvalue weighted by Gasteiger charge is 2.36. The summed E-state index contributed by atoms with van der Waals surface area (Å²) in [7, 11) is 1.47. The highest BCUT2D eigenvalue weighted by Crippen LogP contribution is 2.30. The van der Waals surface area contributed by atoms with Crippen LogP contribution in [0.2, 0.25) is 0 Å². The second-order valence-electron chi connectivity index (χ2n) is 6.50. The summed E-state index contributed by atoms with van der Waals surface area (Å²) >= 11 is 0. The maximum atomic E-state index is 13.1. The van der Waals surface area contributed by atoms with Crippen LogP contribution in [-0.2, 0) is 19.8 Å². The fourth-order valence-corrected chi connectivity index (χ4v) is 2.76. The molecule has 148 valence electrons. The molecule has 2 aromatic rings. The second kappa shape index (κ2) is 8.92. The van der Waals surface area contributed by atoms with Crippen LogP contribution in [-0.4, -0.2) is 28.3 Å². The van der Waals surface area contributed by atoms with Gasteiger partial charge in [0.1, 0.15) is 0 Å². The lowest BCUT2D eigenvalue weighted by atomic mass is 9.94. The molecule has 2 N–H and O–H groups in total. The van der Waals surface area contributed by atoms with Gasteiger partial charge in [-0.05, 0) is 19.4 Å². The third kappa shape index (κ3) is 5.74. The molecule has 0 saturated heterocycles. The average molecular weight is 381 g/mol. The molecule has 2 atom stereocenters. The van der Waals surface area contributed by atoms with Crippen LogP contribution in [0.4, 0.5) is 13.2 Å². The minimum atomic E-state index is -4.49. The Hall–Kier alpha value is -2.51. The number of hydrogen-bond donors (Lipinski definition) is 2. The lowest BCUT2D eigenvalue weighted by Crippen LogP contribution is -2.44. The van der Waals surface area contributed by atoms with Crippen molar-refractivity contribution in [3.8, 4) is 0 Å². The van der Waals surface area contributed by atoms with E-state index < -0.39 is 11.9 Å². The van der Waals surface area contributed by atoms with Gasteiger partial charge in [-0.3, -0.25) is 4.68 Å². The average Bonchev–Trinajstić information content (AvgIpc) is 3.01. The van der Waals surface area contributed by atoms with Gasteiger partial charge in [0.2, 0.25) is 0 Å². The largest absolute Gasteiger partial charge is 0.435 e. The van der Waals surface area contributed by atoms with Crippen molar-refractivity contribution < 1.29 is 13.2 Å². The Morgan fingerprint density at radius 2 is 1.89 bits per heavy atom. The topological polar surface area (TPSA) is 54.2 Å². The summed E-state index contributed by atoms with van der Waals surface area (Å²) in [6, 6.07) is 10.1. The zero-order chi connectivity index (χ0) is 20.0. The zero-order valence-electron chi connectivity index (χ0n) is 16.0. The summed E-state index contributed by atoms with van der Waals surface area (Å²) in [5.41, 5.74) is 0.334. The molecular weight excluding hydrogens is 355 g/mol. The fraction of sp³-hybridized carbons (Fsp3) is 0.474. The summed E-state index contributed by atoms with van der Waals surface area (Å²) in [5.74, 6) is 0.684. The van der Waals surface area contributed by atoms with E-state index in [1.54, 1.807) is 0 Å². The van der Waals surface area contributed by atoms with Crippen molar-refractivity contribution in [2.75, 3.05) is 6.54 Å². The first-order chi connectivity index (χ1) is 12.7. The van der Waals surface area contributed by atoms with Crippen molar-refractivity contribution in [3.63, 3.8) is 0 Å². The number of rotatable bonds is 6. The minimum Gasteiger partial charge on any atom is -0.357 e. The van der Waals surface area contributed by atoms with Gasteiger partial charge in [-0.25, -0.2) is 4.99 Å². The summed E-state index contributed by atoms with van der Waals surface area (Å²) < 4.78 is 40.4. The molecule has 0 amide bonds. The number of halogens is 3. The number of nitrogens with zero attached hydrogens (tertiary/aromatic N) is 3. The summed E-state index contributed by atoms with van der Waals surface area (Å²) in [6.45, 7) is 6.53. The van der Waals surface area contributed by atoms with Gasteiger partial charge in [0, 0.05) is 37.3 Å². The molecule has 2 unspecified atom stereocenters. The summed E-state index contributed by atoms with van der Waals surface area (Å²) in [5, 5.41) is 9.88. The highest BCUT2D eigenvalue weighted by atomic mass is 19.4. The van der Waals surface area contributed by atoms with E-state index in [9.17, 15) is 13.2 Å². The molecule has 0 spiro atoms. The molecule has 8 heteroatoms. The zero-order valence-corrected chi connectivity index (χ0v) is 16.0. The van der Waals surface area contributed by atoms with Gasteiger partial charge >= 0.3 is 6.18 Å². The van der Waals surface area contributed by atoms with Gasteiger partial charge in [-0.1, -0.05) is 37.3 Å². The van der Waals surface area contributed by atoms with E-state index in [-0.39, 0.29) is 24.1 Å². The summed E-state index contributed by atoms with van der Waals surface area (Å²) in [6.07, 6.45) is -3.14. The molecule has 0 fully saturated rings. The van der Waals surface area contributed by atoms with Crippen LogP contribution in [0.5, 0.6) is 0 Å².